The van der Waals surface area contributed by atoms with Crippen LogP contribution in [0.4, 0.5) is 4.79 Å². The average molecular weight is 212 g/mol. The third-order valence-corrected chi connectivity index (χ3v) is 3.11. The van der Waals surface area contributed by atoms with Crippen molar-refractivity contribution in [3.8, 4) is 0 Å². The number of nitrogens with zero attached hydrogens (tertiary/aromatic N) is 1. The minimum absolute atomic E-state index is 0.173. The van der Waals surface area contributed by atoms with Crippen LogP contribution in [-0.4, -0.2) is 41.8 Å². The maximum Gasteiger partial charge on any atom is 0.410 e. The highest BCUT2D eigenvalue weighted by atomic mass is 16.6. The zero-order valence-electron chi connectivity index (χ0n) is 9.80. The molecule has 0 unspecified atom stereocenters. The third kappa shape index (κ3) is 2.25. The Morgan fingerprint density at radius 1 is 1.40 bits per heavy atom. The molecule has 0 bridgehead atoms. The first kappa shape index (κ1) is 10.7. The highest BCUT2D eigenvalue weighted by Gasteiger charge is 2.44. The Labute approximate surface area is 91.0 Å². The fourth-order valence-corrected chi connectivity index (χ4v) is 2.18. The van der Waals surface area contributed by atoms with E-state index >= 15 is 0 Å². The lowest BCUT2D eigenvalue weighted by atomic mass is 9.87. The molecule has 0 radical (unpaired) electrons. The number of amides is 1. The van der Waals surface area contributed by atoms with Crippen molar-refractivity contribution in [1.82, 2.24) is 10.2 Å². The molecule has 2 aliphatic rings. The smallest absolute Gasteiger partial charge is 0.410 e. The Balaban J connectivity index is 1.88. The van der Waals surface area contributed by atoms with Gasteiger partial charge in [-0.15, -0.1) is 0 Å². The van der Waals surface area contributed by atoms with Crippen LogP contribution in [0, 0.1) is 0 Å². The molecule has 0 aliphatic carbocycles. The number of hydrogen-bond donors (Lipinski definition) is 1. The summed E-state index contributed by atoms with van der Waals surface area (Å²) in [7, 11) is 0. The SMILES string of the molecule is CC(C)(C)OC(=O)N1CC[C@@]2(CCN2)C1. The van der Waals surface area contributed by atoms with Crippen molar-refractivity contribution < 1.29 is 9.53 Å². The van der Waals surface area contributed by atoms with Crippen LogP contribution < -0.4 is 5.32 Å². The van der Waals surface area contributed by atoms with Gasteiger partial charge in [0.1, 0.15) is 5.60 Å². The van der Waals surface area contributed by atoms with E-state index in [0.29, 0.717) is 0 Å². The number of ether oxygens (including phenoxy) is 1. The summed E-state index contributed by atoms with van der Waals surface area (Å²) in [5.41, 5.74) is -0.170. The van der Waals surface area contributed by atoms with Gasteiger partial charge in [0.05, 0.1) is 0 Å². The van der Waals surface area contributed by atoms with E-state index in [2.05, 4.69) is 5.32 Å². The average Bonchev–Trinajstić information content (AvgIpc) is 2.43. The highest BCUT2D eigenvalue weighted by Crippen LogP contribution is 2.30. The molecule has 0 saturated carbocycles. The van der Waals surface area contributed by atoms with Gasteiger partial charge >= 0.3 is 6.09 Å². The molecule has 2 fully saturated rings. The van der Waals surface area contributed by atoms with E-state index in [9.17, 15) is 4.79 Å². The molecule has 0 aromatic carbocycles. The molecule has 15 heavy (non-hydrogen) atoms. The summed E-state index contributed by atoms with van der Waals surface area (Å²) < 4.78 is 5.34. The Kier molecular flexibility index (Phi) is 2.41. The largest absolute Gasteiger partial charge is 0.444 e. The van der Waals surface area contributed by atoms with Gasteiger partial charge < -0.3 is 15.0 Å². The van der Waals surface area contributed by atoms with Crippen LogP contribution in [0.25, 0.3) is 0 Å². The monoisotopic (exact) mass is 212 g/mol. The summed E-state index contributed by atoms with van der Waals surface area (Å²) in [6, 6.07) is 0. The van der Waals surface area contributed by atoms with Gasteiger partial charge in [-0.25, -0.2) is 4.79 Å². The summed E-state index contributed by atoms with van der Waals surface area (Å²) in [5.74, 6) is 0. The first-order valence-corrected chi connectivity index (χ1v) is 5.63. The summed E-state index contributed by atoms with van der Waals surface area (Å²) in [4.78, 5) is 13.6. The Hall–Kier alpha value is -0.770. The molecular weight excluding hydrogens is 192 g/mol. The lowest BCUT2D eigenvalue weighted by Crippen LogP contribution is -2.58. The van der Waals surface area contributed by atoms with E-state index < -0.39 is 0 Å². The summed E-state index contributed by atoms with van der Waals surface area (Å²) >= 11 is 0. The molecule has 1 spiro atoms. The van der Waals surface area contributed by atoms with Gasteiger partial charge in [0, 0.05) is 18.6 Å². The van der Waals surface area contributed by atoms with Gasteiger partial charge in [-0.3, -0.25) is 0 Å². The van der Waals surface area contributed by atoms with Crippen LogP contribution >= 0.6 is 0 Å². The van der Waals surface area contributed by atoms with Gasteiger partial charge in [-0.2, -0.15) is 0 Å². The lowest BCUT2D eigenvalue weighted by Gasteiger charge is -2.39. The third-order valence-electron chi connectivity index (χ3n) is 3.11. The number of likely N-dealkylation sites (tertiary alicyclic amines) is 1. The molecule has 2 aliphatic heterocycles. The first-order valence-electron chi connectivity index (χ1n) is 5.63. The maximum atomic E-state index is 11.8. The summed E-state index contributed by atoms with van der Waals surface area (Å²) in [6.45, 7) is 8.42. The van der Waals surface area contributed by atoms with E-state index in [0.717, 1.165) is 26.1 Å². The van der Waals surface area contributed by atoms with E-state index in [1.807, 2.05) is 25.7 Å². The number of carbonyl (C=O) groups excluding carboxylic acids is 1. The van der Waals surface area contributed by atoms with Crippen LogP contribution in [0.2, 0.25) is 0 Å². The molecule has 4 nitrogen and oxygen atoms in total. The van der Waals surface area contributed by atoms with Crippen molar-refractivity contribution in [1.29, 1.82) is 0 Å². The van der Waals surface area contributed by atoms with Crippen LogP contribution in [0.3, 0.4) is 0 Å². The zero-order chi connectivity index (χ0) is 11.1. The lowest BCUT2D eigenvalue weighted by molar-refractivity contribution is 0.0269. The van der Waals surface area contributed by atoms with Crippen molar-refractivity contribution >= 4 is 6.09 Å². The van der Waals surface area contributed by atoms with Crippen molar-refractivity contribution in [2.45, 2.75) is 44.8 Å². The minimum atomic E-state index is -0.389. The van der Waals surface area contributed by atoms with Crippen LogP contribution in [0.15, 0.2) is 0 Å². The predicted octanol–water partition coefficient (Wildman–Crippen LogP) is 1.36. The second-order valence-electron chi connectivity index (χ2n) is 5.61. The normalized spacial score (nSPS) is 30.5. The topological polar surface area (TPSA) is 41.6 Å². The number of carbonyl (C=O) groups is 1. The summed E-state index contributed by atoms with van der Waals surface area (Å²) in [6.07, 6.45) is 2.08. The second-order valence-corrected chi connectivity index (χ2v) is 5.61. The Morgan fingerprint density at radius 3 is 2.47 bits per heavy atom. The van der Waals surface area contributed by atoms with Crippen molar-refractivity contribution in [2.24, 2.45) is 0 Å². The van der Waals surface area contributed by atoms with Gasteiger partial charge in [-0.05, 0) is 40.2 Å². The first-order chi connectivity index (χ1) is 6.90. The fourth-order valence-electron chi connectivity index (χ4n) is 2.18. The van der Waals surface area contributed by atoms with Crippen LogP contribution in [-0.2, 0) is 4.74 Å². The quantitative estimate of drug-likeness (QED) is 0.659. The van der Waals surface area contributed by atoms with E-state index in [-0.39, 0.29) is 17.2 Å². The van der Waals surface area contributed by atoms with E-state index in [1.165, 1.54) is 6.42 Å². The van der Waals surface area contributed by atoms with Gasteiger partial charge in [0.15, 0.2) is 0 Å². The Morgan fingerprint density at radius 2 is 2.07 bits per heavy atom. The predicted molar refractivity (Wildman–Crippen MR) is 57.8 cm³/mol. The molecule has 86 valence electrons. The molecule has 0 aromatic heterocycles. The second kappa shape index (κ2) is 3.37. The summed E-state index contributed by atoms with van der Waals surface area (Å²) in [5, 5.41) is 3.42. The molecule has 1 atom stereocenters. The molecule has 2 saturated heterocycles. The standard InChI is InChI=1S/C11H20N2O2/c1-10(2,3)15-9(14)13-7-5-11(8-13)4-6-12-11/h12H,4-8H2,1-3H3/t11-/m0/s1. The van der Waals surface area contributed by atoms with Crippen molar-refractivity contribution in [3.05, 3.63) is 0 Å². The molecule has 1 N–H and O–H groups in total. The molecule has 2 heterocycles. The Bertz CT molecular complexity index is 266. The number of rotatable bonds is 0. The van der Waals surface area contributed by atoms with E-state index in [1.54, 1.807) is 0 Å². The van der Waals surface area contributed by atoms with Crippen molar-refractivity contribution in [3.63, 3.8) is 0 Å². The highest BCUT2D eigenvalue weighted by molar-refractivity contribution is 5.68. The van der Waals surface area contributed by atoms with E-state index in [4.69, 9.17) is 4.74 Å². The minimum Gasteiger partial charge on any atom is -0.444 e. The zero-order valence-corrected chi connectivity index (χ0v) is 9.80. The number of hydrogen-bond acceptors (Lipinski definition) is 3. The van der Waals surface area contributed by atoms with Gasteiger partial charge in [0.2, 0.25) is 0 Å². The molecule has 2 rings (SSSR count). The molecular formula is C11H20N2O2. The van der Waals surface area contributed by atoms with Crippen LogP contribution in [0.1, 0.15) is 33.6 Å². The van der Waals surface area contributed by atoms with Crippen molar-refractivity contribution in [2.75, 3.05) is 19.6 Å². The van der Waals surface area contributed by atoms with Crippen LogP contribution in [0.5, 0.6) is 0 Å². The molecule has 4 heteroatoms. The van der Waals surface area contributed by atoms with Gasteiger partial charge in [-0.1, -0.05) is 0 Å². The maximum absolute atomic E-state index is 11.8. The molecule has 1 amide bonds. The number of nitrogens with one attached hydrogen (secondary N) is 1. The van der Waals surface area contributed by atoms with Gasteiger partial charge in [0.25, 0.3) is 0 Å². The fraction of sp³-hybridized carbons (Fsp3) is 0.909. The molecule has 0 aromatic rings.